The third-order valence-electron chi connectivity index (χ3n) is 3.77. The minimum Gasteiger partial charge on any atom is -0.358 e. The lowest BCUT2D eigenvalue weighted by Gasteiger charge is -2.22. The molecular weight excluding hydrogens is 224 g/mol. The van der Waals surface area contributed by atoms with Gasteiger partial charge in [-0.1, -0.05) is 29.8 Å². The Morgan fingerprint density at radius 3 is 2.88 bits per heavy atom. The van der Waals surface area contributed by atoms with Crippen molar-refractivity contribution in [1.29, 1.82) is 0 Å². The Morgan fingerprint density at radius 1 is 1.44 bits per heavy atom. The molecule has 0 aromatic heterocycles. The first kappa shape index (κ1) is 10.3. The molecule has 0 radical (unpaired) electrons. The molecule has 2 aliphatic rings. The first-order chi connectivity index (χ1) is 7.61. The minimum atomic E-state index is -0.474. The van der Waals surface area contributed by atoms with Crippen LogP contribution in [0, 0.1) is 0 Å². The lowest BCUT2D eigenvalue weighted by atomic mass is 9.78. The summed E-state index contributed by atoms with van der Waals surface area (Å²) in [5.74, 6) is 0.440. The molecule has 1 aromatic carbocycles. The molecule has 3 atom stereocenters. The molecule has 1 aromatic rings. The maximum Gasteiger partial charge on any atom is 0.167 e. The van der Waals surface area contributed by atoms with Gasteiger partial charge in [0.15, 0.2) is 5.78 Å². The number of ether oxygens (including phenoxy) is 1. The smallest absolute Gasteiger partial charge is 0.167 e. The van der Waals surface area contributed by atoms with Gasteiger partial charge in [-0.05, 0) is 30.9 Å². The van der Waals surface area contributed by atoms with Gasteiger partial charge in [-0.2, -0.15) is 0 Å². The van der Waals surface area contributed by atoms with Crippen LogP contribution in [0.5, 0.6) is 0 Å². The third-order valence-corrected chi connectivity index (χ3v) is 4.12. The van der Waals surface area contributed by atoms with Gasteiger partial charge < -0.3 is 4.74 Å². The van der Waals surface area contributed by atoms with Crippen LogP contribution in [0.2, 0.25) is 5.02 Å². The van der Waals surface area contributed by atoms with Crippen LogP contribution in [0.3, 0.4) is 0 Å². The van der Waals surface area contributed by atoms with E-state index in [1.165, 1.54) is 0 Å². The summed E-state index contributed by atoms with van der Waals surface area (Å²) < 4.78 is 5.48. The summed E-state index contributed by atoms with van der Waals surface area (Å²) in [7, 11) is 0. The number of epoxide rings is 1. The van der Waals surface area contributed by atoms with Crippen molar-refractivity contribution in [3.63, 3.8) is 0 Å². The van der Waals surface area contributed by atoms with Crippen LogP contribution < -0.4 is 0 Å². The normalized spacial score (nSPS) is 37.0. The number of carbonyl (C=O) groups is 1. The number of hydrogen-bond donors (Lipinski definition) is 0. The summed E-state index contributed by atoms with van der Waals surface area (Å²) >= 11 is 6.15. The maximum absolute atomic E-state index is 11.9. The van der Waals surface area contributed by atoms with Crippen LogP contribution in [-0.2, 0) is 9.53 Å². The fourth-order valence-electron chi connectivity index (χ4n) is 2.59. The van der Waals surface area contributed by atoms with E-state index in [0.29, 0.717) is 6.42 Å². The van der Waals surface area contributed by atoms with Gasteiger partial charge in [-0.15, -0.1) is 0 Å². The Bertz CT molecular complexity index is 457. The van der Waals surface area contributed by atoms with E-state index in [1.807, 2.05) is 31.2 Å². The molecule has 84 valence electrons. The Hall–Kier alpha value is -0.860. The molecule has 1 saturated carbocycles. The molecule has 0 bridgehead atoms. The molecular formula is C13H13ClO2. The Morgan fingerprint density at radius 2 is 2.19 bits per heavy atom. The largest absolute Gasteiger partial charge is 0.358 e. The highest BCUT2D eigenvalue weighted by molar-refractivity contribution is 6.31. The average Bonchev–Trinajstić information content (AvgIpc) is 2.92. The van der Waals surface area contributed by atoms with Gasteiger partial charge in [0.05, 0.1) is 6.10 Å². The predicted molar refractivity (Wildman–Crippen MR) is 61.7 cm³/mol. The fraction of sp³-hybridized carbons (Fsp3) is 0.462. The maximum atomic E-state index is 11.9. The lowest BCUT2D eigenvalue weighted by molar-refractivity contribution is -0.124. The molecule has 0 amide bonds. The summed E-state index contributed by atoms with van der Waals surface area (Å²) in [5, 5.41) is 0.754. The zero-order chi connectivity index (χ0) is 11.3. The highest BCUT2D eigenvalue weighted by Crippen LogP contribution is 2.50. The van der Waals surface area contributed by atoms with E-state index in [-0.39, 0.29) is 17.8 Å². The topological polar surface area (TPSA) is 29.6 Å². The molecule has 0 spiro atoms. The van der Waals surface area contributed by atoms with Crippen LogP contribution in [-0.4, -0.2) is 17.5 Å². The van der Waals surface area contributed by atoms with Gasteiger partial charge in [-0.25, -0.2) is 0 Å². The second-order valence-corrected chi connectivity index (χ2v) is 5.20. The van der Waals surface area contributed by atoms with Crippen LogP contribution >= 0.6 is 11.6 Å². The number of carbonyl (C=O) groups excluding carboxylic acids is 1. The zero-order valence-corrected chi connectivity index (χ0v) is 9.83. The van der Waals surface area contributed by atoms with Gasteiger partial charge >= 0.3 is 0 Å². The molecule has 1 saturated heterocycles. The zero-order valence-electron chi connectivity index (χ0n) is 9.07. The second kappa shape index (κ2) is 3.31. The first-order valence-corrected chi connectivity index (χ1v) is 5.94. The van der Waals surface area contributed by atoms with E-state index in [9.17, 15) is 4.79 Å². The van der Waals surface area contributed by atoms with Crippen molar-refractivity contribution in [1.82, 2.24) is 0 Å². The van der Waals surface area contributed by atoms with Crippen molar-refractivity contribution in [2.24, 2.45) is 0 Å². The molecule has 1 aliphatic carbocycles. The summed E-state index contributed by atoms with van der Waals surface area (Å²) in [6, 6.07) is 7.76. The highest BCUT2D eigenvalue weighted by Gasteiger charge is 2.61. The molecule has 2 nitrogen and oxygen atoms in total. The number of ketones is 1. The van der Waals surface area contributed by atoms with E-state index in [4.69, 9.17) is 16.3 Å². The Balaban J connectivity index is 1.88. The van der Waals surface area contributed by atoms with Crippen molar-refractivity contribution in [2.75, 3.05) is 0 Å². The molecule has 1 aliphatic heterocycles. The minimum absolute atomic E-state index is 0.107. The number of rotatable bonds is 1. The van der Waals surface area contributed by atoms with Crippen LogP contribution in [0.25, 0.3) is 0 Å². The Kier molecular flexibility index (Phi) is 2.13. The predicted octanol–water partition coefficient (Wildman–Crippen LogP) is 2.94. The van der Waals surface area contributed by atoms with Gasteiger partial charge in [0.25, 0.3) is 0 Å². The molecule has 16 heavy (non-hydrogen) atoms. The van der Waals surface area contributed by atoms with E-state index < -0.39 is 5.60 Å². The van der Waals surface area contributed by atoms with Crippen molar-refractivity contribution in [3.8, 4) is 0 Å². The quantitative estimate of drug-likeness (QED) is 0.702. The summed E-state index contributed by atoms with van der Waals surface area (Å²) in [5.41, 5.74) is 0.604. The molecule has 1 heterocycles. The van der Waals surface area contributed by atoms with Gasteiger partial charge in [0.2, 0.25) is 0 Å². The highest BCUT2D eigenvalue weighted by atomic mass is 35.5. The summed E-state index contributed by atoms with van der Waals surface area (Å²) in [6.07, 6.45) is 1.57. The molecule has 3 rings (SSSR count). The summed E-state index contributed by atoms with van der Waals surface area (Å²) in [4.78, 5) is 11.9. The van der Waals surface area contributed by atoms with Crippen molar-refractivity contribution < 1.29 is 9.53 Å². The first-order valence-electron chi connectivity index (χ1n) is 5.57. The number of fused-ring (bicyclic) bond motifs is 1. The number of halogens is 1. The van der Waals surface area contributed by atoms with Crippen molar-refractivity contribution >= 4 is 17.4 Å². The van der Waals surface area contributed by atoms with Crippen LogP contribution in [0.1, 0.15) is 31.2 Å². The summed E-state index contributed by atoms with van der Waals surface area (Å²) in [6.45, 7) is 1.89. The number of benzene rings is 1. The van der Waals surface area contributed by atoms with Crippen LogP contribution in [0.15, 0.2) is 24.3 Å². The molecule has 0 N–H and O–H groups in total. The van der Waals surface area contributed by atoms with Crippen LogP contribution in [0.4, 0.5) is 0 Å². The molecule has 2 fully saturated rings. The monoisotopic (exact) mass is 236 g/mol. The average molecular weight is 237 g/mol. The fourth-order valence-corrected chi connectivity index (χ4v) is 2.88. The molecule has 3 unspecified atom stereocenters. The van der Waals surface area contributed by atoms with Gasteiger partial charge in [0.1, 0.15) is 5.60 Å². The molecule has 3 heteroatoms. The van der Waals surface area contributed by atoms with Gasteiger partial charge in [0, 0.05) is 11.4 Å². The van der Waals surface area contributed by atoms with Crippen molar-refractivity contribution in [3.05, 3.63) is 34.9 Å². The van der Waals surface area contributed by atoms with Gasteiger partial charge in [-0.3, -0.25) is 4.79 Å². The SMILES string of the molecule is CC12OC1CC(c1ccccc1Cl)CC2=O. The third kappa shape index (κ3) is 1.40. The second-order valence-electron chi connectivity index (χ2n) is 4.79. The van der Waals surface area contributed by atoms with E-state index in [2.05, 4.69) is 0 Å². The van der Waals surface area contributed by atoms with E-state index >= 15 is 0 Å². The van der Waals surface area contributed by atoms with Crippen molar-refractivity contribution in [2.45, 2.75) is 37.4 Å². The Labute approximate surface area is 99.6 Å². The standard InChI is InChI=1S/C13H13ClO2/c1-13-11(15)6-8(7-12(13)16-13)9-4-2-3-5-10(9)14/h2-5,8,12H,6-7H2,1H3. The number of hydrogen-bond acceptors (Lipinski definition) is 2. The van der Waals surface area contributed by atoms with E-state index in [0.717, 1.165) is 17.0 Å². The lowest BCUT2D eigenvalue weighted by Crippen LogP contribution is -2.31. The number of Topliss-reactive ketones (excluding diaryl/α,β-unsaturated/α-hetero) is 1. The van der Waals surface area contributed by atoms with E-state index in [1.54, 1.807) is 0 Å².